The van der Waals surface area contributed by atoms with Crippen molar-refractivity contribution in [3.63, 3.8) is 0 Å². The van der Waals surface area contributed by atoms with E-state index in [9.17, 15) is 14.9 Å². The summed E-state index contributed by atoms with van der Waals surface area (Å²) in [5, 5.41) is 9.83. The molecule has 2 aliphatic heterocycles. The first-order valence-electron chi connectivity index (χ1n) is 13.4. The van der Waals surface area contributed by atoms with Crippen molar-refractivity contribution in [3.05, 3.63) is 55.7 Å². The molecule has 2 aromatic rings. The minimum atomic E-state index is -0.296. The van der Waals surface area contributed by atoms with Crippen LogP contribution in [0.15, 0.2) is 27.9 Å². The number of carbonyl (C=O) groups is 1. The molecule has 2 fully saturated rings. The van der Waals surface area contributed by atoms with Gasteiger partial charge in [-0.2, -0.15) is 5.26 Å². The van der Waals surface area contributed by atoms with Crippen LogP contribution >= 0.6 is 24.0 Å². The SMILES string of the molecule is CCN1CCN(c2c(/C=C3/SC(=S)N(CCc4ccc(OC)c(OC)c4)C3=O)c(C)c(C#N)c(=O)n2CC)CC1. The number of hydrogen-bond acceptors (Lipinski definition) is 9. The average Bonchev–Trinajstić information content (AvgIpc) is 3.24. The van der Waals surface area contributed by atoms with E-state index in [0.717, 1.165) is 49.7 Å². The minimum absolute atomic E-state index is 0.105. The Morgan fingerprint density at radius 1 is 1.07 bits per heavy atom. The molecule has 0 aliphatic carbocycles. The largest absolute Gasteiger partial charge is 0.493 e. The van der Waals surface area contributed by atoms with Crippen LogP contribution in [0.3, 0.4) is 0 Å². The van der Waals surface area contributed by atoms with E-state index < -0.39 is 0 Å². The zero-order chi connectivity index (χ0) is 29.0. The highest BCUT2D eigenvalue weighted by Gasteiger charge is 2.33. The lowest BCUT2D eigenvalue weighted by molar-refractivity contribution is -0.122. The van der Waals surface area contributed by atoms with Crippen LogP contribution in [0.1, 0.15) is 36.1 Å². The van der Waals surface area contributed by atoms with Crippen molar-refractivity contribution in [1.82, 2.24) is 14.4 Å². The molecule has 0 radical (unpaired) electrons. The van der Waals surface area contributed by atoms with Crippen LogP contribution in [-0.4, -0.2) is 78.1 Å². The third-order valence-corrected chi connectivity index (χ3v) is 8.88. The molecule has 40 heavy (non-hydrogen) atoms. The normalized spacial score (nSPS) is 17.1. The first-order chi connectivity index (χ1) is 19.3. The number of anilines is 1. The van der Waals surface area contributed by atoms with Gasteiger partial charge in [0.15, 0.2) is 11.5 Å². The molecule has 0 unspecified atom stereocenters. The quantitative estimate of drug-likeness (QED) is 0.325. The summed E-state index contributed by atoms with van der Waals surface area (Å²) in [6.45, 7) is 10.9. The van der Waals surface area contributed by atoms with E-state index in [-0.39, 0.29) is 17.0 Å². The highest BCUT2D eigenvalue weighted by atomic mass is 32.2. The number of methoxy groups -OCH3 is 2. The maximum atomic E-state index is 13.6. The maximum Gasteiger partial charge on any atom is 0.270 e. The molecule has 0 atom stereocenters. The smallest absolute Gasteiger partial charge is 0.270 e. The lowest BCUT2D eigenvalue weighted by atomic mass is 10.0. The first kappa shape index (κ1) is 29.6. The number of carbonyl (C=O) groups excluding carboxylic acids is 1. The van der Waals surface area contributed by atoms with Crippen LogP contribution in [0, 0.1) is 18.3 Å². The number of pyridine rings is 1. The van der Waals surface area contributed by atoms with Crippen LogP contribution in [0.2, 0.25) is 0 Å². The zero-order valence-corrected chi connectivity index (χ0v) is 25.3. The number of amides is 1. The molecular formula is C29H35N5O4S2. The number of piperazine rings is 1. The Kier molecular flexibility index (Phi) is 9.56. The van der Waals surface area contributed by atoms with Crippen molar-refractivity contribution >= 4 is 46.1 Å². The Bertz CT molecular complexity index is 1440. The second-order valence-corrected chi connectivity index (χ2v) is 11.3. The molecule has 9 nitrogen and oxygen atoms in total. The summed E-state index contributed by atoms with van der Waals surface area (Å²) in [5.41, 5.74) is 2.11. The molecule has 4 rings (SSSR count). The number of ether oxygens (including phenoxy) is 2. The van der Waals surface area contributed by atoms with E-state index in [4.69, 9.17) is 21.7 Å². The van der Waals surface area contributed by atoms with Crippen LogP contribution < -0.4 is 19.9 Å². The second kappa shape index (κ2) is 12.9. The number of hydrogen-bond donors (Lipinski definition) is 0. The van der Waals surface area contributed by atoms with E-state index in [1.807, 2.05) is 31.2 Å². The van der Waals surface area contributed by atoms with Crippen molar-refractivity contribution in [3.8, 4) is 17.6 Å². The maximum absolute atomic E-state index is 13.6. The van der Waals surface area contributed by atoms with Gasteiger partial charge in [-0.05, 0) is 56.1 Å². The summed E-state index contributed by atoms with van der Waals surface area (Å²) in [6, 6.07) is 7.79. The van der Waals surface area contributed by atoms with Crippen LogP contribution in [-0.2, 0) is 17.8 Å². The highest BCUT2D eigenvalue weighted by molar-refractivity contribution is 8.26. The molecule has 0 N–H and O–H groups in total. The van der Waals surface area contributed by atoms with E-state index in [0.29, 0.717) is 45.8 Å². The second-order valence-electron chi connectivity index (χ2n) is 9.59. The molecule has 212 valence electrons. The number of likely N-dealkylation sites (N-methyl/N-ethyl adjacent to an activating group) is 1. The molecule has 0 bridgehead atoms. The summed E-state index contributed by atoms with van der Waals surface area (Å²) >= 11 is 6.86. The van der Waals surface area contributed by atoms with Gasteiger partial charge in [0.1, 0.15) is 21.8 Å². The summed E-state index contributed by atoms with van der Waals surface area (Å²) in [6.07, 6.45) is 2.41. The van der Waals surface area contributed by atoms with Gasteiger partial charge in [0.25, 0.3) is 11.5 Å². The molecule has 1 amide bonds. The summed E-state index contributed by atoms with van der Waals surface area (Å²) in [5.74, 6) is 1.86. The molecule has 1 aromatic heterocycles. The molecular weight excluding hydrogens is 546 g/mol. The fourth-order valence-corrected chi connectivity index (χ4v) is 6.45. The van der Waals surface area contributed by atoms with E-state index in [1.54, 1.807) is 30.6 Å². The predicted octanol–water partition coefficient (Wildman–Crippen LogP) is 3.65. The Morgan fingerprint density at radius 3 is 2.38 bits per heavy atom. The molecule has 3 heterocycles. The Labute approximate surface area is 244 Å². The lowest BCUT2D eigenvalue weighted by Gasteiger charge is -2.37. The van der Waals surface area contributed by atoms with Crippen molar-refractivity contribution in [2.75, 3.05) is 58.4 Å². The molecule has 2 aliphatic rings. The molecule has 0 spiro atoms. The van der Waals surface area contributed by atoms with E-state index in [1.165, 1.54) is 11.8 Å². The minimum Gasteiger partial charge on any atom is -0.493 e. The summed E-state index contributed by atoms with van der Waals surface area (Å²) in [7, 11) is 3.18. The average molecular weight is 582 g/mol. The van der Waals surface area contributed by atoms with E-state index in [2.05, 4.69) is 22.8 Å². The van der Waals surface area contributed by atoms with Gasteiger partial charge in [0.2, 0.25) is 0 Å². The number of nitrogens with zero attached hydrogens (tertiary/aromatic N) is 5. The van der Waals surface area contributed by atoms with Gasteiger partial charge in [0, 0.05) is 44.8 Å². The van der Waals surface area contributed by atoms with Crippen molar-refractivity contribution in [2.45, 2.75) is 33.7 Å². The van der Waals surface area contributed by atoms with Gasteiger partial charge in [0.05, 0.1) is 19.1 Å². The van der Waals surface area contributed by atoms with Crippen molar-refractivity contribution in [2.24, 2.45) is 0 Å². The first-order valence-corrected chi connectivity index (χ1v) is 14.6. The fourth-order valence-electron chi connectivity index (χ4n) is 5.16. The zero-order valence-electron chi connectivity index (χ0n) is 23.7. The van der Waals surface area contributed by atoms with Crippen LogP contribution in [0.5, 0.6) is 11.5 Å². The number of rotatable bonds is 9. The molecule has 2 saturated heterocycles. The predicted molar refractivity (Wildman–Crippen MR) is 163 cm³/mol. The Hall–Kier alpha value is -3.33. The van der Waals surface area contributed by atoms with Crippen molar-refractivity contribution < 1.29 is 14.3 Å². The number of thioether (sulfide) groups is 1. The number of thiocarbonyl (C=S) groups is 1. The monoisotopic (exact) mass is 581 g/mol. The Balaban J connectivity index is 1.67. The van der Waals surface area contributed by atoms with Gasteiger partial charge in [-0.1, -0.05) is 37.0 Å². The Morgan fingerprint density at radius 2 is 1.77 bits per heavy atom. The third-order valence-electron chi connectivity index (χ3n) is 7.50. The molecule has 11 heteroatoms. The van der Waals surface area contributed by atoms with E-state index >= 15 is 0 Å². The summed E-state index contributed by atoms with van der Waals surface area (Å²) in [4.78, 5) is 33.5. The number of benzene rings is 1. The standard InChI is InChI=1S/C29H35N5O4S2/c1-6-31-12-14-32(15-13-31)26-21(19(3)22(18-30)27(35)33(26)7-2)17-25-28(36)34(29(39)40-25)11-10-20-8-9-23(37-4)24(16-20)38-5/h8-9,16-17H,6-7,10-15H2,1-5H3/b25-17+. The molecule has 0 saturated carbocycles. The molecule has 1 aromatic carbocycles. The van der Waals surface area contributed by atoms with Gasteiger partial charge in [-0.15, -0.1) is 0 Å². The third kappa shape index (κ3) is 5.75. The van der Waals surface area contributed by atoms with Gasteiger partial charge in [-0.25, -0.2) is 0 Å². The topological polar surface area (TPSA) is 91.0 Å². The lowest BCUT2D eigenvalue weighted by Crippen LogP contribution is -2.48. The highest BCUT2D eigenvalue weighted by Crippen LogP contribution is 2.36. The number of nitriles is 1. The fraction of sp³-hybridized carbons (Fsp3) is 0.448. The van der Waals surface area contributed by atoms with Crippen molar-refractivity contribution in [1.29, 1.82) is 5.26 Å². The van der Waals surface area contributed by atoms with Gasteiger partial charge >= 0.3 is 0 Å². The summed E-state index contributed by atoms with van der Waals surface area (Å²) < 4.78 is 12.9. The number of aromatic nitrogens is 1. The van der Waals surface area contributed by atoms with Gasteiger partial charge < -0.3 is 19.3 Å². The van der Waals surface area contributed by atoms with Gasteiger partial charge in [-0.3, -0.25) is 19.1 Å². The van der Waals surface area contributed by atoms with Crippen LogP contribution in [0.4, 0.5) is 5.82 Å². The van der Waals surface area contributed by atoms with Crippen LogP contribution in [0.25, 0.3) is 6.08 Å².